The fourth-order valence-corrected chi connectivity index (χ4v) is 2.06. The molecule has 0 amide bonds. The lowest BCUT2D eigenvalue weighted by molar-refractivity contribution is -0.207. The molecule has 23 heavy (non-hydrogen) atoms. The molecule has 4 atom stereocenters. The molecule has 1 saturated heterocycles. The molecule has 122 valence electrons. The third kappa shape index (κ3) is 2.91. The number of rotatable bonds is 4. The van der Waals surface area contributed by atoms with Gasteiger partial charge in [0.05, 0.1) is 0 Å². The average molecular weight is 324 g/mol. The largest absolute Gasteiger partial charge is 0.463 e. The number of halogens is 1. The van der Waals surface area contributed by atoms with E-state index < -0.39 is 36.6 Å². The quantitative estimate of drug-likeness (QED) is 0.557. The van der Waals surface area contributed by atoms with Gasteiger partial charge in [-0.25, -0.2) is 9.18 Å². The number of hydrogen-bond acceptors (Lipinski definition) is 7. The van der Waals surface area contributed by atoms with Crippen molar-refractivity contribution >= 4 is 0 Å². The first-order chi connectivity index (χ1) is 10.9. The zero-order valence-corrected chi connectivity index (χ0v) is 11.7. The Bertz CT molecular complexity index is 736. The molecule has 1 aromatic rings. The van der Waals surface area contributed by atoms with Crippen molar-refractivity contribution in [1.82, 2.24) is 9.55 Å². The van der Waals surface area contributed by atoms with Crippen LogP contribution in [0.1, 0.15) is 11.8 Å². The van der Waals surface area contributed by atoms with Crippen molar-refractivity contribution in [3.05, 3.63) is 22.2 Å². The Balaban J connectivity index is 2.44. The normalized spacial score (nSPS) is 29.7. The molecular weight excluding hydrogens is 311 g/mol. The lowest BCUT2D eigenvalue weighted by Crippen LogP contribution is -2.42. The van der Waals surface area contributed by atoms with Gasteiger partial charge in [0.25, 0.3) is 5.85 Å². The highest BCUT2D eigenvalue weighted by Crippen LogP contribution is 2.37. The Morgan fingerprint density at radius 2 is 2.22 bits per heavy atom. The van der Waals surface area contributed by atoms with Gasteiger partial charge in [0.15, 0.2) is 12.8 Å². The van der Waals surface area contributed by atoms with E-state index in [9.17, 15) is 19.4 Å². The average Bonchev–Trinajstić information content (AvgIpc) is 2.78. The molecule has 0 saturated carbocycles. The Morgan fingerprint density at radius 3 is 2.74 bits per heavy atom. The molecule has 1 aliphatic heterocycles. The van der Waals surface area contributed by atoms with E-state index in [2.05, 4.69) is 16.8 Å². The van der Waals surface area contributed by atoms with Gasteiger partial charge in [0.1, 0.15) is 24.4 Å². The van der Waals surface area contributed by atoms with E-state index in [-0.39, 0.29) is 18.1 Å². The third-order valence-corrected chi connectivity index (χ3v) is 3.23. The van der Waals surface area contributed by atoms with Gasteiger partial charge in [-0.3, -0.25) is 4.57 Å². The predicted molar refractivity (Wildman–Crippen MR) is 73.8 cm³/mol. The molecule has 0 bridgehead atoms. The van der Waals surface area contributed by atoms with Crippen molar-refractivity contribution in [1.29, 1.82) is 0 Å². The maximum atomic E-state index is 14.1. The SMILES string of the molecule is C#CCOc1nc(=O)n([C@@H]2O[C@](F)(CO)[C@@H](O)[C@H]2O)cc1C#C. The Hall–Kier alpha value is -2.43. The summed E-state index contributed by atoms with van der Waals surface area (Å²) in [7, 11) is 0. The topological polar surface area (TPSA) is 114 Å². The van der Waals surface area contributed by atoms with Crippen LogP contribution in [0.2, 0.25) is 0 Å². The molecule has 9 heteroatoms. The van der Waals surface area contributed by atoms with Crippen LogP contribution in [-0.2, 0) is 4.74 Å². The molecule has 0 spiro atoms. The van der Waals surface area contributed by atoms with Crippen molar-refractivity contribution in [2.24, 2.45) is 0 Å². The van der Waals surface area contributed by atoms with Crippen LogP contribution in [0.4, 0.5) is 4.39 Å². The number of ether oxygens (including phenoxy) is 2. The minimum atomic E-state index is -2.92. The van der Waals surface area contributed by atoms with Crippen molar-refractivity contribution in [3.63, 3.8) is 0 Å². The first-order valence-corrected chi connectivity index (χ1v) is 6.37. The van der Waals surface area contributed by atoms with Gasteiger partial charge in [-0.2, -0.15) is 4.98 Å². The summed E-state index contributed by atoms with van der Waals surface area (Å²) in [5.41, 5.74) is -0.972. The molecule has 1 fully saturated rings. The molecule has 0 radical (unpaired) electrons. The van der Waals surface area contributed by atoms with E-state index in [4.69, 9.17) is 27.4 Å². The minimum Gasteiger partial charge on any atom is -0.463 e. The van der Waals surface area contributed by atoms with Crippen LogP contribution in [0.5, 0.6) is 5.88 Å². The molecule has 0 unspecified atom stereocenters. The number of terminal acetylenes is 2. The Morgan fingerprint density at radius 1 is 1.52 bits per heavy atom. The summed E-state index contributed by atoms with van der Waals surface area (Å²) in [5.74, 6) is 1.25. The lowest BCUT2D eigenvalue weighted by Gasteiger charge is -2.20. The molecule has 2 heterocycles. The van der Waals surface area contributed by atoms with Gasteiger partial charge < -0.3 is 24.8 Å². The van der Waals surface area contributed by atoms with Crippen LogP contribution in [0, 0.1) is 24.7 Å². The molecular formula is C14H13FN2O6. The first kappa shape index (κ1) is 16.9. The molecule has 8 nitrogen and oxygen atoms in total. The van der Waals surface area contributed by atoms with Crippen LogP contribution in [0.3, 0.4) is 0 Å². The Labute approximate surface area is 130 Å². The van der Waals surface area contributed by atoms with E-state index in [0.717, 1.165) is 6.20 Å². The summed E-state index contributed by atoms with van der Waals surface area (Å²) in [4.78, 5) is 15.6. The van der Waals surface area contributed by atoms with Crippen molar-refractivity contribution < 1.29 is 29.2 Å². The van der Waals surface area contributed by atoms with E-state index in [1.54, 1.807) is 0 Å². The highest BCUT2D eigenvalue weighted by molar-refractivity contribution is 5.38. The second-order valence-electron chi connectivity index (χ2n) is 4.67. The fourth-order valence-electron chi connectivity index (χ4n) is 2.06. The van der Waals surface area contributed by atoms with Crippen LogP contribution in [0.15, 0.2) is 11.0 Å². The van der Waals surface area contributed by atoms with E-state index in [1.807, 2.05) is 0 Å². The molecule has 1 aliphatic rings. The van der Waals surface area contributed by atoms with E-state index in [1.165, 1.54) is 0 Å². The number of aliphatic hydroxyl groups is 3. The van der Waals surface area contributed by atoms with E-state index in [0.29, 0.717) is 4.57 Å². The number of alkyl halides is 1. The van der Waals surface area contributed by atoms with Gasteiger partial charge >= 0.3 is 5.69 Å². The predicted octanol–water partition coefficient (Wildman–Crippen LogP) is -1.85. The highest BCUT2D eigenvalue weighted by Gasteiger charge is 2.56. The lowest BCUT2D eigenvalue weighted by atomic mass is 10.1. The van der Waals surface area contributed by atoms with Gasteiger partial charge in [-0.15, -0.1) is 12.8 Å². The molecule has 2 rings (SSSR count). The highest BCUT2D eigenvalue weighted by atomic mass is 19.2. The van der Waals surface area contributed by atoms with Gasteiger partial charge in [-0.1, -0.05) is 11.8 Å². The number of nitrogens with zero attached hydrogens (tertiary/aromatic N) is 2. The fraction of sp³-hybridized carbons (Fsp3) is 0.429. The Kier molecular flexibility index (Phi) is 4.68. The maximum absolute atomic E-state index is 14.1. The zero-order chi connectivity index (χ0) is 17.2. The van der Waals surface area contributed by atoms with Crippen molar-refractivity contribution in [3.8, 4) is 30.6 Å². The molecule has 1 aromatic heterocycles. The van der Waals surface area contributed by atoms with Crippen LogP contribution >= 0.6 is 0 Å². The number of hydrogen-bond donors (Lipinski definition) is 3. The summed E-state index contributed by atoms with van der Waals surface area (Å²) in [6, 6.07) is 0. The van der Waals surface area contributed by atoms with Gasteiger partial charge in [-0.05, 0) is 0 Å². The number of aliphatic hydroxyl groups excluding tert-OH is 3. The van der Waals surface area contributed by atoms with Crippen LogP contribution in [0.25, 0.3) is 0 Å². The van der Waals surface area contributed by atoms with Crippen molar-refractivity contribution in [2.45, 2.75) is 24.3 Å². The zero-order valence-electron chi connectivity index (χ0n) is 11.7. The summed E-state index contributed by atoms with van der Waals surface area (Å²) in [6.07, 6.45) is 5.84. The number of aromatic nitrogens is 2. The van der Waals surface area contributed by atoms with Gasteiger partial charge in [0, 0.05) is 6.20 Å². The van der Waals surface area contributed by atoms with E-state index >= 15 is 0 Å². The minimum absolute atomic E-state index is 0.00509. The summed E-state index contributed by atoms with van der Waals surface area (Å²) in [5, 5.41) is 28.4. The summed E-state index contributed by atoms with van der Waals surface area (Å²) >= 11 is 0. The second kappa shape index (κ2) is 6.36. The smallest absolute Gasteiger partial charge is 0.353 e. The second-order valence-corrected chi connectivity index (χ2v) is 4.67. The van der Waals surface area contributed by atoms with Crippen LogP contribution < -0.4 is 10.4 Å². The maximum Gasteiger partial charge on any atom is 0.353 e. The molecule has 0 aromatic carbocycles. The van der Waals surface area contributed by atoms with Gasteiger partial charge in [0.2, 0.25) is 5.88 Å². The first-order valence-electron chi connectivity index (χ1n) is 6.37. The monoisotopic (exact) mass is 324 g/mol. The third-order valence-electron chi connectivity index (χ3n) is 3.23. The summed E-state index contributed by atoms with van der Waals surface area (Å²) < 4.78 is 24.6. The standard InChI is InChI=1S/C14H13FN2O6/c1-3-5-22-11-8(4-2)6-17(13(21)16-11)12-9(19)10(20)14(15,7-18)23-12/h1-2,6,9-10,12,18-20H,5,7H2/t9-,10+,12-,14-/m1/s1. The molecule has 3 N–H and O–H groups in total. The molecule has 0 aliphatic carbocycles. The van der Waals surface area contributed by atoms with Crippen LogP contribution in [-0.4, -0.2) is 56.1 Å². The summed E-state index contributed by atoms with van der Waals surface area (Å²) in [6.45, 7) is -1.39. The van der Waals surface area contributed by atoms with Crippen molar-refractivity contribution in [2.75, 3.05) is 13.2 Å².